The fraction of sp³-hybridized carbons (Fsp3) is 0.538. The first-order valence-electron chi connectivity index (χ1n) is 5.51. The van der Waals surface area contributed by atoms with Gasteiger partial charge in [-0.05, 0) is 29.5 Å². The zero-order chi connectivity index (χ0) is 11.5. The topological polar surface area (TPSA) is 38.0 Å². The Morgan fingerprint density at radius 1 is 1.33 bits per heavy atom. The van der Waals surface area contributed by atoms with Crippen LogP contribution in [0.4, 0.5) is 11.4 Å². The van der Waals surface area contributed by atoms with Crippen molar-refractivity contribution in [1.29, 1.82) is 0 Å². The number of anilines is 2. The number of nitrogen functional groups attached to an aromatic ring is 1. The standard InChI is InChI=1S/C13H22N2/c1-10(2)13(3,4)9-15-12-7-5-6-11(14)8-12/h5-8,10,15H,9,14H2,1-4H3. The zero-order valence-corrected chi connectivity index (χ0v) is 10.2. The maximum atomic E-state index is 5.72. The lowest BCUT2D eigenvalue weighted by Gasteiger charge is -2.29. The molecule has 0 fully saturated rings. The zero-order valence-electron chi connectivity index (χ0n) is 10.2. The Morgan fingerprint density at radius 3 is 2.53 bits per heavy atom. The minimum Gasteiger partial charge on any atom is -0.399 e. The van der Waals surface area contributed by atoms with E-state index in [4.69, 9.17) is 5.73 Å². The molecule has 0 saturated heterocycles. The van der Waals surface area contributed by atoms with Crippen molar-refractivity contribution in [2.45, 2.75) is 27.7 Å². The van der Waals surface area contributed by atoms with Crippen molar-refractivity contribution in [2.24, 2.45) is 11.3 Å². The van der Waals surface area contributed by atoms with Crippen LogP contribution >= 0.6 is 0 Å². The number of rotatable bonds is 4. The van der Waals surface area contributed by atoms with E-state index in [2.05, 4.69) is 33.0 Å². The smallest absolute Gasteiger partial charge is 0.0360 e. The summed E-state index contributed by atoms with van der Waals surface area (Å²) in [6, 6.07) is 7.89. The molecule has 3 N–H and O–H groups in total. The molecule has 0 atom stereocenters. The van der Waals surface area contributed by atoms with Crippen LogP contribution in [0.5, 0.6) is 0 Å². The Balaban J connectivity index is 2.57. The summed E-state index contributed by atoms with van der Waals surface area (Å²) in [5, 5.41) is 3.43. The van der Waals surface area contributed by atoms with E-state index in [-0.39, 0.29) is 0 Å². The fourth-order valence-electron chi connectivity index (χ4n) is 1.18. The summed E-state index contributed by atoms with van der Waals surface area (Å²) in [6.45, 7) is 10.0. The van der Waals surface area contributed by atoms with Gasteiger partial charge in [-0.15, -0.1) is 0 Å². The van der Waals surface area contributed by atoms with Crippen LogP contribution in [0.15, 0.2) is 24.3 Å². The van der Waals surface area contributed by atoms with Crippen LogP contribution in [0.1, 0.15) is 27.7 Å². The fourth-order valence-corrected chi connectivity index (χ4v) is 1.18. The first-order valence-corrected chi connectivity index (χ1v) is 5.51. The molecule has 0 bridgehead atoms. The quantitative estimate of drug-likeness (QED) is 0.741. The van der Waals surface area contributed by atoms with Crippen molar-refractivity contribution in [1.82, 2.24) is 0 Å². The van der Waals surface area contributed by atoms with Gasteiger partial charge in [0.05, 0.1) is 0 Å². The van der Waals surface area contributed by atoms with Gasteiger partial charge in [0.1, 0.15) is 0 Å². The lowest BCUT2D eigenvalue weighted by Crippen LogP contribution is -2.28. The highest BCUT2D eigenvalue weighted by atomic mass is 14.9. The lowest BCUT2D eigenvalue weighted by atomic mass is 9.81. The van der Waals surface area contributed by atoms with Gasteiger partial charge < -0.3 is 11.1 Å². The molecule has 0 heterocycles. The monoisotopic (exact) mass is 206 g/mol. The van der Waals surface area contributed by atoms with E-state index >= 15 is 0 Å². The number of nitrogens with one attached hydrogen (secondary N) is 1. The SMILES string of the molecule is CC(C)C(C)(C)CNc1cccc(N)c1. The Morgan fingerprint density at radius 2 is 2.00 bits per heavy atom. The van der Waals surface area contributed by atoms with Crippen molar-refractivity contribution < 1.29 is 0 Å². The number of hydrogen-bond acceptors (Lipinski definition) is 2. The maximum absolute atomic E-state index is 5.72. The second-order valence-corrected chi connectivity index (χ2v) is 5.12. The Bertz CT molecular complexity index is 316. The summed E-state index contributed by atoms with van der Waals surface area (Å²) in [6.07, 6.45) is 0. The van der Waals surface area contributed by atoms with Gasteiger partial charge >= 0.3 is 0 Å². The third kappa shape index (κ3) is 3.46. The molecule has 1 aromatic carbocycles. The second kappa shape index (κ2) is 4.56. The molecule has 15 heavy (non-hydrogen) atoms. The van der Waals surface area contributed by atoms with Gasteiger partial charge in [0, 0.05) is 17.9 Å². The molecule has 0 aromatic heterocycles. The van der Waals surface area contributed by atoms with Crippen LogP contribution in [0.25, 0.3) is 0 Å². The van der Waals surface area contributed by atoms with E-state index in [0.29, 0.717) is 11.3 Å². The first kappa shape index (κ1) is 11.9. The molecular formula is C13H22N2. The first-order chi connectivity index (χ1) is 6.92. The van der Waals surface area contributed by atoms with Crippen LogP contribution < -0.4 is 11.1 Å². The minimum atomic E-state index is 0.296. The van der Waals surface area contributed by atoms with E-state index < -0.39 is 0 Å². The predicted octanol–water partition coefficient (Wildman–Crippen LogP) is 3.36. The molecule has 84 valence electrons. The Hall–Kier alpha value is -1.18. The molecule has 2 nitrogen and oxygen atoms in total. The predicted molar refractivity (Wildman–Crippen MR) is 68.0 cm³/mol. The van der Waals surface area contributed by atoms with Gasteiger partial charge in [0.15, 0.2) is 0 Å². The largest absolute Gasteiger partial charge is 0.399 e. The number of nitrogens with two attached hydrogens (primary N) is 1. The van der Waals surface area contributed by atoms with E-state index in [1.54, 1.807) is 0 Å². The van der Waals surface area contributed by atoms with Crippen LogP contribution in [0.2, 0.25) is 0 Å². The second-order valence-electron chi connectivity index (χ2n) is 5.12. The third-order valence-corrected chi connectivity index (χ3v) is 3.20. The van der Waals surface area contributed by atoms with Crippen LogP contribution in [0.3, 0.4) is 0 Å². The van der Waals surface area contributed by atoms with Gasteiger partial charge in [0.25, 0.3) is 0 Å². The van der Waals surface area contributed by atoms with Crippen LogP contribution in [-0.4, -0.2) is 6.54 Å². The van der Waals surface area contributed by atoms with Gasteiger partial charge in [-0.1, -0.05) is 33.8 Å². The average Bonchev–Trinajstić information content (AvgIpc) is 2.15. The summed E-state index contributed by atoms with van der Waals surface area (Å²) in [5.41, 5.74) is 7.92. The summed E-state index contributed by atoms with van der Waals surface area (Å²) in [5.74, 6) is 0.658. The molecule has 0 aliphatic carbocycles. The highest BCUT2D eigenvalue weighted by Gasteiger charge is 2.21. The van der Waals surface area contributed by atoms with Gasteiger partial charge in [0.2, 0.25) is 0 Å². The summed E-state index contributed by atoms with van der Waals surface area (Å²) in [4.78, 5) is 0. The molecule has 0 spiro atoms. The molecule has 0 amide bonds. The molecule has 1 aromatic rings. The Labute approximate surface area is 92.9 Å². The Kier molecular flexibility index (Phi) is 3.61. The van der Waals surface area contributed by atoms with Crippen molar-refractivity contribution in [3.8, 4) is 0 Å². The summed E-state index contributed by atoms with van der Waals surface area (Å²) in [7, 11) is 0. The highest BCUT2D eigenvalue weighted by molar-refractivity contribution is 5.54. The molecule has 2 heteroatoms. The number of hydrogen-bond donors (Lipinski definition) is 2. The van der Waals surface area contributed by atoms with E-state index in [9.17, 15) is 0 Å². The van der Waals surface area contributed by atoms with Gasteiger partial charge in [-0.2, -0.15) is 0 Å². The summed E-state index contributed by atoms with van der Waals surface area (Å²) < 4.78 is 0. The molecule has 0 aliphatic rings. The van der Waals surface area contributed by atoms with E-state index in [0.717, 1.165) is 17.9 Å². The summed E-state index contributed by atoms with van der Waals surface area (Å²) >= 11 is 0. The van der Waals surface area contributed by atoms with Crippen LogP contribution in [-0.2, 0) is 0 Å². The normalized spacial score (nSPS) is 11.8. The maximum Gasteiger partial charge on any atom is 0.0360 e. The van der Waals surface area contributed by atoms with Crippen molar-refractivity contribution in [3.63, 3.8) is 0 Å². The van der Waals surface area contributed by atoms with E-state index in [1.807, 2.05) is 24.3 Å². The van der Waals surface area contributed by atoms with Gasteiger partial charge in [-0.25, -0.2) is 0 Å². The average molecular weight is 206 g/mol. The molecule has 1 rings (SSSR count). The molecular weight excluding hydrogens is 184 g/mol. The van der Waals surface area contributed by atoms with Crippen molar-refractivity contribution in [3.05, 3.63) is 24.3 Å². The highest BCUT2D eigenvalue weighted by Crippen LogP contribution is 2.26. The third-order valence-electron chi connectivity index (χ3n) is 3.20. The van der Waals surface area contributed by atoms with E-state index in [1.165, 1.54) is 0 Å². The van der Waals surface area contributed by atoms with Gasteiger partial charge in [-0.3, -0.25) is 0 Å². The van der Waals surface area contributed by atoms with Crippen molar-refractivity contribution in [2.75, 3.05) is 17.6 Å². The minimum absolute atomic E-state index is 0.296. The molecule has 0 unspecified atom stereocenters. The lowest BCUT2D eigenvalue weighted by molar-refractivity contribution is 0.270. The van der Waals surface area contributed by atoms with Crippen molar-refractivity contribution >= 4 is 11.4 Å². The molecule has 0 radical (unpaired) electrons. The van der Waals surface area contributed by atoms with Crippen LogP contribution in [0, 0.1) is 11.3 Å². The number of benzene rings is 1. The molecule has 0 aliphatic heterocycles. The molecule has 0 saturated carbocycles.